The van der Waals surface area contributed by atoms with Gasteiger partial charge in [0.2, 0.25) is 21.9 Å². The van der Waals surface area contributed by atoms with Gasteiger partial charge in [-0.05, 0) is 36.2 Å². The van der Waals surface area contributed by atoms with Crippen molar-refractivity contribution in [3.63, 3.8) is 0 Å². The molecule has 2 aromatic carbocycles. The van der Waals surface area contributed by atoms with E-state index >= 15 is 0 Å². The number of ether oxygens (including phenoxy) is 2. The van der Waals surface area contributed by atoms with Crippen LogP contribution in [0.3, 0.4) is 0 Å². The van der Waals surface area contributed by atoms with Gasteiger partial charge in [-0.3, -0.25) is 15.2 Å². The molecule has 11 heteroatoms. The molecule has 10 nitrogen and oxygen atoms in total. The minimum Gasteiger partial charge on any atom is -0.497 e. The van der Waals surface area contributed by atoms with Crippen LogP contribution in [0.1, 0.15) is 25.8 Å². The van der Waals surface area contributed by atoms with Gasteiger partial charge in [-0.2, -0.15) is 9.29 Å². The molecule has 34 heavy (non-hydrogen) atoms. The average molecular weight is 488 g/mol. The second-order valence-electron chi connectivity index (χ2n) is 7.36. The van der Waals surface area contributed by atoms with Crippen LogP contribution in [0.2, 0.25) is 0 Å². The Morgan fingerprint density at radius 2 is 1.76 bits per heavy atom. The van der Waals surface area contributed by atoms with Gasteiger partial charge in [0.1, 0.15) is 11.5 Å². The monoisotopic (exact) mass is 487 g/mol. The standard InChI is InChI=1S/C23H29N5O5S/c1-5-28(6-2)34(30,31)18-11-7-16(8-12-18)9-14-21(29)24-23-25-22(26-27-23)19-13-10-17(32-3)15-20(19)33-4/h7-8,10-13,15H,5-6,9,14H2,1-4H3,(H2,24,25,26,27,29). The summed E-state index contributed by atoms with van der Waals surface area (Å²) in [6.07, 6.45) is 0.638. The summed E-state index contributed by atoms with van der Waals surface area (Å²) < 4.78 is 37.1. The first-order valence-corrected chi connectivity index (χ1v) is 12.3. The van der Waals surface area contributed by atoms with E-state index in [1.807, 2.05) is 0 Å². The van der Waals surface area contributed by atoms with Crippen molar-refractivity contribution in [1.82, 2.24) is 19.5 Å². The van der Waals surface area contributed by atoms with Crippen molar-refractivity contribution >= 4 is 21.9 Å². The Hall–Kier alpha value is -3.44. The van der Waals surface area contributed by atoms with Crippen LogP contribution in [0.4, 0.5) is 5.95 Å². The first-order chi connectivity index (χ1) is 16.3. The molecule has 3 aromatic rings. The highest BCUT2D eigenvalue weighted by atomic mass is 32.2. The van der Waals surface area contributed by atoms with Crippen LogP contribution in [0, 0.1) is 0 Å². The van der Waals surface area contributed by atoms with E-state index < -0.39 is 10.0 Å². The third kappa shape index (κ3) is 5.72. The second-order valence-corrected chi connectivity index (χ2v) is 9.29. The maximum Gasteiger partial charge on any atom is 0.249 e. The number of anilines is 1. The van der Waals surface area contributed by atoms with Gasteiger partial charge in [-0.15, -0.1) is 5.10 Å². The van der Waals surface area contributed by atoms with Crippen LogP contribution in [0.25, 0.3) is 11.4 Å². The number of aromatic nitrogens is 3. The van der Waals surface area contributed by atoms with E-state index in [1.165, 1.54) is 4.31 Å². The molecule has 1 heterocycles. The molecule has 0 aliphatic heterocycles. The summed E-state index contributed by atoms with van der Waals surface area (Å²) >= 11 is 0. The van der Waals surface area contributed by atoms with Crippen molar-refractivity contribution in [1.29, 1.82) is 0 Å². The van der Waals surface area contributed by atoms with E-state index in [-0.39, 0.29) is 23.2 Å². The number of nitrogens with zero attached hydrogens (tertiary/aromatic N) is 3. The van der Waals surface area contributed by atoms with Crippen molar-refractivity contribution in [2.24, 2.45) is 0 Å². The predicted octanol–water partition coefficient (Wildman–Crippen LogP) is 3.09. The average Bonchev–Trinajstić information content (AvgIpc) is 3.31. The van der Waals surface area contributed by atoms with E-state index in [0.29, 0.717) is 42.4 Å². The minimum absolute atomic E-state index is 0.151. The highest BCUT2D eigenvalue weighted by Crippen LogP contribution is 2.31. The van der Waals surface area contributed by atoms with Gasteiger partial charge in [0.25, 0.3) is 0 Å². The van der Waals surface area contributed by atoms with Crippen LogP contribution in [-0.4, -0.2) is 61.1 Å². The molecule has 0 bridgehead atoms. The zero-order valence-corrected chi connectivity index (χ0v) is 20.5. The van der Waals surface area contributed by atoms with E-state index in [4.69, 9.17) is 9.47 Å². The maximum atomic E-state index is 12.6. The van der Waals surface area contributed by atoms with E-state index in [2.05, 4.69) is 20.5 Å². The molecule has 3 rings (SSSR count). The number of rotatable bonds is 11. The number of nitrogens with one attached hydrogen (secondary N) is 2. The molecule has 0 aliphatic rings. The number of H-pyrrole nitrogens is 1. The Kier molecular flexibility index (Phi) is 8.24. The van der Waals surface area contributed by atoms with Crippen LogP contribution in [-0.2, 0) is 21.2 Å². The normalized spacial score (nSPS) is 11.4. The second kappa shape index (κ2) is 11.1. The number of sulfonamides is 1. The molecule has 0 saturated heterocycles. The maximum absolute atomic E-state index is 12.6. The Morgan fingerprint density at radius 1 is 1.06 bits per heavy atom. The van der Waals surface area contributed by atoms with Gasteiger partial charge in [0, 0.05) is 25.6 Å². The number of aromatic amines is 1. The van der Waals surface area contributed by atoms with Crippen molar-refractivity contribution in [2.45, 2.75) is 31.6 Å². The number of hydrogen-bond acceptors (Lipinski definition) is 7. The molecule has 0 spiro atoms. The van der Waals surface area contributed by atoms with Crippen molar-refractivity contribution in [2.75, 3.05) is 32.6 Å². The summed E-state index contributed by atoms with van der Waals surface area (Å²) in [5.74, 6) is 1.54. The lowest BCUT2D eigenvalue weighted by Gasteiger charge is -2.18. The quantitative estimate of drug-likeness (QED) is 0.425. The van der Waals surface area contributed by atoms with Crippen molar-refractivity contribution in [3.05, 3.63) is 48.0 Å². The van der Waals surface area contributed by atoms with Gasteiger partial charge in [0.15, 0.2) is 5.82 Å². The fraction of sp³-hybridized carbons (Fsp3) is 0.348. The lowest BCUT2D eigenvalue weighted by atomic mass is 10.1. The summed E-state index contributed by atoms with van der Waals surface area (Å²) in [5.41, 5.74) is 1.53. The molecular weight excluding hydrogens is 458 g/mol. The number of carbonyl (C=O) groups excluding carboxylic acids is 1. The SMILES string of the molecule is CCN(CC)S(=O)(=O)c1ccc(CCC(=O)Nc2n[nH]c(-c3ccc(OC)cc3OC)n2)cc1. The Morgan fingerprint density at radius 3 is 2.38 bits per heavy atom. The van der Waals surface area contributed by atoms with Gasteiger partial charge in [-0.25, -0.2) is 8.42 Å². The zero-order chi connectivity index (χ0) is 24.7. The number of carbonyl (C=O) groups is 1. The number of amides is 1. The fourth-order valence-corrected chi connectivity index (χ4v) is 4.88. The minimum atomic E-state index is -3.50. The molecule has 1 amide bonds. The number of benzene rings is 2. The van der Waals surface area contributed by atoms with Crippen LogP contribution in [0.15, 0.2) is 47.4 Å². The van der Waals surface area contributed by atoms with Gasteiger partial charge in [0.05, 0.1) is 24.7 Å². The number of methoxy groups -OCH3 is 2. The van der Waals surface area contributed by atoms with Crippen LogP contribution in [0.5, 0.6) is 11.5 Å². The largest absolute Gasteiger partial charge is 0.497 e. The highest BCUT2D eigenvalue weighted by Gasteiger charge is 2.21. The van der Waals surface area contributed by atoms with E-state index in [0.717, 1.165) is 5.56 Å². The van der Waals surface area contributed by atoms with Gasteiger partial charge >= 0.3 is 0 Å². The van der Waals surface area contributed by atoms with E-state index in [1.54, 1.807) is 70.5 Å². The fourth-order valence-electron chi connectivity index (χ4n) is 3.42. The molecule has 182 valence electrons. The Balaban J connectivity index is 1.60. The molecule has 0 atom stereocenters. The first kappa shape index (κ1) is 25.2. The smallest absolute Gasteiger partial charge is 0.249 e. The molecule has 0 radical (unpaired) electrons. The lowest BCUT2D eigenvalue weighted by molar-refractivity contribution is -0.116. The summed E-state index contributed by atoms with van der Waals surface area (Å²) in [7, 11) is -0.388. The highest BCUT2D eigenvalue weighted by molar-refractivity contribution is 7.89. The summed E-state index contributed by atoms with van der Waals surface area (Å²) in [5, 5.41) is 9.51. The third-order valence-corrected chi connectivity index (χ3v) is 7.37. The topological polar surface area (TPSA) is 127 Å². The molecule has 0 fully saturated rings. The van der Waals surface area contributed by atoms with Crippen molar-refractivity contribution in [3.8, 4) is 22.9 Å². The molecule has 1 aromatic heterocycles. The molecule has 0 aliphatic carbocycles. The van der Waals surface area contributed by atoms with Crippen molar-refractivity contribution < 1.29 is 22.7 Å². The Bertz CT molecular complexity index is 1220. The number of aryl methyl sites for hydroxylation is 1. The van der Waals surface area contributed by atoms with Gasteiger partial charge < -0.3 is 9.47 Å². The number of hydrogen-bond donors (Lipinski definition) is 2. The molecule has 0 saturated carbocycles. The summed E-state index contributed by atoms with van der Waals surface area (Å²) in [6, 6.07) is 11.9. The van der Waals surface area contributed by atoms with Crippen LogP contribution >= 0.6 is 0 Å². The van der Waals surface area contributed by atoms with Crippen LogP contribution < -0.4 is 14.8 Å². The predicted molar refractivity (Wildman–Crippen MR) is 128 cm³/mol. The van der Waals surface area contributed by atoms with E-state index in [9.17, 15) is 13.2 Å². The first-order valence-electron chi connectivity index (χ1n) is 10.9. The molecular formula is C23H29N5O5S. The Labute approximate surface area is 199 Å². The third-order valence-electron chi connectivity index (χ3n) is 5.31. The molecule has 0 unspecified atom stereocenters. The summed E-state index contributed by atoms with van der Waals surface area (Å²) in [4.78, 5) is 16.9. The van der Waals surface area contributed by atoms with Gasteiger partial charge in [-0.1, -0.05) is 26.0 Å². The zero-order valence-electron chi connectivity index (χ0n) is 19.7. The lowest BCUT2D eigenvalue weighted by Crippen LogP contribution is -2.30. The molecule has 2 N–H and O–H groups in total. The summed E-state index contributed by atoms with van der Waals surface area (Å²) in [6.45, 7) is 4.43.